The number of nitrogens with two attached hydrogens (primary N) is 1. The molecule has 0 aliphatic heterocycles. The Morgan fingerprint density at radius 2 is 2.14 bits per heavy atom. The summed E-state index contributed by atoms with van der Waals surface area (Å²) in [7, 11) is 1.77. The van der Waals surface area contributed by atoms with Crippen LogP contribution in [0.1, 0.15) is 32.1 Å². The van der Waals surface area contributed by atoms with Gasteiger partial charge < -0.3 is 15.2 Å². The van der Waals surface area contributed by atoms with Crippen LogP contribution in [0.2, 0.25) is 0 Å². The lowest BCUT2D eigenvalue weighted by Gasteiger charge is -2.28. The van der Waals surface area contributed by atoms with Gasteiger partial charge >= 0.3 is 0 Å². The molecule has 0 aromatic heterocycles. The van der Waals surface area contributed by atoms with E-state index in [-0.39, 0.29) is 0 Å². The number of hydrogen-bond acceptors (Lipinski definition) is 3. The molecule has 0 radical (unpaired) electrons. The smallest absolute Gasteiger partial charge is 0.0750 e. The summed E-state index contributed by atoms with van der Waals surface area (Å²) in [5.74, 6) is 0. The fraction of sp³-hybridized carbons (Fsp3) is 0.900. The summed E-state index contributed by atoms with van der Waals surface area (Å²) in [5, 5.41) is 0. The predicted molar refractivity (Wildman–Crippen MR) is 60.4 cm³/mol. The van der Waals surface area contributed by atoms with Crippen molar-refractivity contribution < 1.29 is 9.47 Å². The quantitative estimate of drug-likeness (QED) is 0.711. The molecule has 0 amide bonds. The number of rotatable bonds is 5. The summed E-state index contributed by atoms with van der Waals surface area (Å²) in [5.41, 5.74) is 5.39. The zero-order valence-corrected chi connectivity index (χ0v) is 9.52. The van der Waals surface area contributed by atoms with E-state index in [1.54, 1.807) is 7.11 Å². The Balaban J connectivity index is 2.14. The van der Waals surface area contributed by atoms with Crippen molar-refractivity contribution in [2.24, 2.45) is 5.73 Å². The standard InChI is InChI=1S/C10H19NO2S/c1-12-8-3-2-4-9(7-8)13-6-5-10(11)14/h8-9H,2-7H2,1H3,(H2,11,14). The van der Waals surface area contributed by atoms with Crippen LogP contribution in [0.3, 0.4) is 0 Å². The molecule has 3 nitrogen and oxygen atoms in total. The highest BCUT2D eigenvalue weighted by atomic mass is 32.1. The van der Waals surface area contributed by atoms with Gasteiger partial charge in [-0.15, -0.1) is 0 Å². The highest BCUT2D eigenvalue weighted by molar-refractivity contribution is 7.80. The van der Waals surface area contributed by atoms with Gasteiger partial charge in [-0.25, -0.2) is 0 Å². The summed E-state index contributed by atoms with van der Waals surface area (Å²) in [4.78, 5) is 0.532. The lowest BCUT2D eigenvalue weighted by atomic mass is 9.95. The van der Waals surface area contributed by atoms with Crippen molar-refractivity contribution in [1.82, 2.24) is 0 Å². The van der Waals surface area contributed by atoms with E-state index in [0.717, 1.165) is 19.3 Å². The van der Waals surface area contributed by atoms with Crippen LogP contribution < -0.4 is 5.73 Å². The van der Waals surface area contributed by atoms with Gasteiger partial charge in [-0.3, -0.25) is 0 Å². The molecule has 82 valence electrons. The van der Waals surface area contributed by atoms with E-state index >= 15 is 0 Å². The van der Waals surface area contributed by atoms with E-state index < -0.39 is 0 Å². The fourth-order valence-electron chi connectivity index (χ4n) is 1.79. The van der Waals surface area contributed by atoms with E-state index in [4.69, 9.17) is 27.4 Å². The Labute approximate surface area is 90.9 Å². The van der Waals surface area contributed by atoms with Gasteiger partial charge in [0, 0.05) is 13.5 Å². The molecule has 0 heterocycles. The van der Waals surface area contributed by atoms with Crippen LogP contribution >= 0.6 is 12.2 Å². The molecule has 0 aromatic carbocycles. The zero-order chi connectivity index (χ0) is 10.4. The molecule has 2 unspecified atom stereocenters. The van der Waals surface area contributed by atoms with Gasteiger partial charge in [0.1, 0.15) is 0 Å². The van der Waals surface area contributed by atoms with Crippen molar-refractivity contribution in [3.8, 4) is 0 Å². The second-order valence-corrected chi connectivity index (χ2v) is 4.26. The maximum atomic E-state index is 5.68. The second kappa shape index (κ2) is 6.32. The van der Waals surface area contributed by atoms with Crippen molar-refractivity contribution in [2.75, 3.05) is 13.7 Å². The summed E-state index contributed by atoms with van der Waals surface area (Å²) >= 11 is 4.78. The molecule has 1 rings (SSSR count). The van der Waals surface area contributed by atoms with E-state index in [1.165, 1.54) is 6.42 Å². The summed E-state index contributed by atoms with van der Waals surface area (Å²) < 4.78 is 11.0. The van der Waals surface area contributed by atoms with Gasteiger partial charge in [-0.05, 0) is 25.7 Å². The second-order valence-electron chi connectivity index (χ2n) is 3.73. The van der Waals surface area contributed by atoms with Crippen molar-refractivity contribution >= 4 is 17.2 Å². The van der Waals surface area contributed by atoms with Crippen LogP contribution in [0.4, 0.5) is 0 Å². The van der Waals surface area contributed by atoms with Crippen LogP contribution in [-0.4, -0.2) is 30.9 Å². The molecule has 1 fully saturated rings. The van der Waals surface area contributed by atoms with Gasteiger partial charge in [-0.2, -0.15) is 0 Å². The minimum absolute atomic E-state index is 0.336. The highest BCUT2D eigenvalue weighted by Crippen LogP contribution is 2.22. The summed E-state index contributed by atoms with van der Waals surface area (Å²) in [6.45, 7) is 0.649. The predicted octanol–water partition coefficient (Wildman–Crippen LogP) is 1.64. The topological polar surface area (TPSA) is 44.5 Å². The Bertz CT molecular complexity index is 187. The molecule has 14 heavy (non-hydrogen) atoms. The molecule has 0 spiro atoms. The molecule has 0 aromatic rings. The third-order valence-corrected chi connectivity index (χ3v) is 2.82. The molecular formula is C10H19NO2S. The van der Waals surface area contributed by atoms with Crippen LogP contribution in [0, 0.1) is 0 Å². The van der Waals surface area contributed by atoms with Crippen molar-refractivity contribution in [3.63, 3.8) is 0 Å². The lowest BCUT2D eigenvalue weighted by Crippen LogP contribution is -2.28. The molecule has 0 bridgehead atoms. The van der Waals surface area contributed by atoms with Crippen molar-refractivity contribution in [2.45, 2.75) is 44.3 Å². The van der Waals surface area contributed by atoms with Gasteiger partial charge in [0.25, 0.3) is 0 Å². The van der Waals surface area contributed by atoms with E-state index in [2.05, 4.69) is 0 Å². The first-order valence-electron chi connectivity index (χ1n) is 5.15. The maximum absolute atomic E-state index is 5.68. The molecule has 1 saturated carbocycles. The highest BCUT2D eigenvalue weighted by Gasteiger charge is 2.21. The Kier molecular flexibility index (Phi) is 5.37. The van der Waals surface area contributed by atoms with E-state index in [9.17, 15) is 0 Å². The average molecular weight is 217 g/mol. The number of thiocarbonyl (C=S) groups is 1. The third-order valence-electron chi connectivity index (χ3n) is 2.61. The third kappa shape index (κ3) is 4.35. The average Bonchev–Trinajstić information content (AvgIpc) is 2.18. The summed E-state index contributed by atoms with van der Waals surface area (Å²) in [6.07, 6.45) is 5.89. The number of methoxy groups -OCH3 is 1. The lowest BCUT2D eigenvalue weighted by molar-refractivity contribution is -0.0271. The molecule has 0 saturated heterocycles. The first-order chi connectivity index (χ1) is 6.72. The normalized spacial score (nSPS) is 27.5. The Morgan fingerprint density at radius 3 is 2.79 bits per heavy atom. The maximum Gasteiger partial charge on any atom is 0.0750 e. The van der Waals surface area contributed by atoms with Gasteiger partial charge in [0.05, 0.1) is 23.8 Å². The largest absolute Gasteiger partial charge is 0.393 e. The SMILES string of the molecule is COC1CCCC(OCCC(N)=S)C1. The van der Waals surface area contributed by atoms with Crippen LogP contribution in [0.15, 0.2) is 0 Å². The van der Waals surface area contributed by atoms with Crippen molar-refractivity contribution in [1.29, 1.82) is 0 Å². The summed E-state index contributed by atoms with van der Waals surface area (Å²) in [6, 6.07) is 0. The van der Waals surface area contributed by atoms with E-state index in [0.29, 0.717) is 30.2 Å². The molecule has 2 N–H and O–H groups in total. The van der Waals surface area contributed by atoms with Gasteiger partial charge in [-0.1, -0.05) is 12.2 Å². The minimum Gasteiger partial charge on any atom is -0.393 e. The Hall–Kier alpha value is -0.190. The first kappa shape index (κ1) is 11.9. The number of ether oxygens (including phenoxy) is 2. The van der Waals surface area contributed by atoms with Gasteiger partial charge in [0.2, 0.25) is 0 Å². The Morgan fingerprint density at radius 1 is 1.43 bits per heavy atom. The van der Waals surface area contributed by atoms with Crippen LogP contribution in [0.5, 0.6) is 0 Å². The fourth-order valence-corrected chi connectivity index (χ4v) is 1.88. The molecule has 1 aliphatic rings. The van der Waals surface area contributed by atoms with E-state index in [1.807, 2.05) is 0 Å². The van der Waals surface area contributed by atoms with Crippen LogP contribution in [0.25, 0.3) is 0 Å². The zero-order valence-electron chi connectivity index (χ0n) is 8.70. The molecule has 1 aliphatic carbocycles. The molecule has 4 heteroatoms. The minimum atomic E-state index is 0.336. The first-order valence-corrected chi connectivity index (χ1v) is 5.56. The van der Waals surface area contributed by atoms with Gasteiger partial charge in [0.15, 0.2) is 0 Å². The number of hydrogen-bond donors (Lipinski definition) is 1. The van der Waals surface area contributed by atoms with Crippen molar-refractivity contribution in [3.05, 3.63) is 0 Å². The van der Waals surface area contributed by atoms with Crippen LogP contribution in [-0.2, 0) is 9.47 Å². The molecular weight excluding hydrogens is 198 g/mol. The molecule has 2 atom stereocenters. The monoisotopic (exact) mass is 217 g/mol.